The quantitative estimate of drug-likeness (QED) is 0.533. The van der Waals surface area contributed by atoms with E-state index in [0.717, 1.165) is 6.42 Å². The van der Waals surface area contributed by atoms with Crippen LogP contribution in [0, 0.1) is 0 Å². The van der Waals surface area contributed by atoms with Gasteiger partial charge in [0.05, 0.1) is 0 Å². The molecule has 17 heavy (non-hydrogen) atoms. The largest absolute Gasteiger partial charge is 0.480 e. The van der Waals surface area contributed by atoms with Gasteiger partial charge in [-0.25, -0.2) is 4.79 Å². The van der Waals surface area contributed by atoms with E-state index in [4.69, 9.17) is 10.8 Å². The van der Waals surface area contributed by atoms with E-state index >= 15 is 0 Å². The molecular formula is C12H22N2O3. The molecule has 0 rings (SSSR count). The van der Waals surface area contributed by atoms with Gasteiger partial charge in [0.25, 0.3) is 0 Å². The van der Waals surface area contributed by atoms with Crippen molar-refractivity contribution in [2.24, 2.45) is 5.73 Å². The minimum Gasteiger partial charge on any atom is -0.480 e. The first-order valence-corrected chi connectivity index (χ1v) is 5.92. The first kappa shape index (κ1) is 15.5. The average Bonchev–Trinajstić information content (AvgIpc) is 2.22. The highest BCUT2D eigenvalue weighted by Gasteiger charge is 2.18. The van der Waals surface area contributed by atoms with Crippen molar-refractivity contribution in [3.8, 4) is 0 Å². The first-order valence-electron chi connectivity index (χ1n) is 5.92. The molecule has 0 radical (unpaired) electrons. The van der Waals surface area contributed by atoms with E-state index in [1.165, 1.54) is 0 Å². The second kappa shape index (κ2) is 8.61. The van der Waals surface area contributed by atoms with E-state index < -0.39 is 12.0 Å². The van der Waals surface area contributed by atoms with E-state index in [9.17, 15) is 9.59 Å². The molecule has 0 aliphatic rings. The molecule has 0 saturated heterocycles. The van der Waals surface area contributed by atoms with Gasteiger partial charge in [-0.05, 0) is 25.7 Å². The van der Waals surface area contributed by atoms with Crippen LogP contribution < -0.4 is 11.1 Å². The summed E-state index contributed by atoms with van der Waals surface area (Å²) in [6.07, 6.45) is 3.70. The Morgan fingerprint density at radius 1 is 1.35 bits per heavy atom. The normalized spacial score (nSPS) is 11.8. The fourth-order valence-electron chi connectivity index (χ4n) is 1.45. The lowest BCUT2D eigenvalue weighted by Gasteiger charge is -2.14. The van der Waals surface area contributed by atoms with Crippen LogP contribution in [0.5, 0.6) is 0 Å². The SMILES string of the molecule is C=C(N)CCCC[C@@H](NC(=O)CCC)C(=O)O. The van der Waals surface area contributed by atoms with Crippen molar-refractivity contribution in [2.45, 2.75) is 51.5 Å². The van der Waals surface area contributed by atoms with Crippen LogP contribution in [0.4, 0.5) is 0 Å². The maximum Gasteiger partial charge on any atom is 0.326 e. The van der Waals surface area contributed by atoms with Gasteiger partial charge in [0.15, 0.2) is 0 Å². The Kier molecular flexibility index (Phi) is 7.84. The van der Waals surface area contributed by atoms with Crippen molar-refractivity contribution >= 4 is 11.9 Å². The molecule has 0 unspecified atom stereocenters. The van der Waals surface area contributed by atoms with Crippen molar-refractivity contribution in [1.29, 1.82) is 0 Å². The molecule has 1 atom stereocenters. The van der Waals surface area contributed by atoms with Crippen LogP contribution in [0.3, 0.4) is 0 Å². The second-order valence-electron chi connectivity index (χ2n) is 4.11. The number of carbonyl (C=O) groups is 2. The maximum absolute atomic E-state index is 11.3. The molecule has 0 aromatic rings. The van der Waals surface area contributed by atoms with Gasteiger partial charge in [0.1, 0.15) is 6.04 Å². The van der Waals surface area contributed by atoms with E-state index in [1.54, 1.807) is 0 Å². The van der Waals surface area contributed by atoms with Crippen molar-refractivity contribution in [3.63, 3.8) is 0 Å². The molecule has 5 nitrogen and oxygen atoms in total. The maximum atomic E-state index is 11.3. The smallest absolute Gasteiger partial charge is 0.326 e. The number of carboxylic acid groups (broad SMARTS) is 1. The van der Waals surface area contributed by atoms with Crippen molar-refractivity contribution in [3.05, 3.63) is 12.3 Å². The number of amides is 1. The molecule has 1 amide bonds. The molecule has 0 heterocycles. The van der Waals surface area contributed by atoms with Crippen molar-refractivity contribution in [1.82, 2.24) is 5.32 Å². The van der Waals surface area contributed by atoms with Crippen LogP contribution in [0.1, 0.15) is 45.4 Å². The van der Waals surface area contributed by atoms with E-state index in [0.29, 0.717) is 37.8 Å². The molecule has 0 aliphatic carbocycles. The monoisotopic (exact) mass is 242 g/mol. The van der Waals surface area contributed by atoms with Crippen LogP contribution in [-0.4, -0.2) is 23.0 Å². The number of allylic oxidation sites excluding steroid dienone is 1. The Labute approximate surface area is 102 Å². The van der Waals surface area contributed by atoms with E-state index in [2.05, 4.69) is 11.9 Å². The number of hydrogen-bond donors (Lipinski definition) is 3. The molecule has 0 aromatic carbocycles. The Morgan fingerprint density at radius 2 is 2.00 bits per heavy atom. The molecule has 98 valence electrons. The summed E-state index contributed by atoms with van der Waals surface area (Å²) in [4.78, 5) is 22.2. The van der Waals surface area contributed by atoms with Gasteiger partial charge in [-0.15, -0.1) is 0 Å². The number of rotatable bonds is 9. The highest BCUT2D eigenvalue weighted by Crippen LogP contribution is 2.06. The Balaban J connectivity index is 3.95. The summed E-state index contributed by atoms with van der Waals surface area (Å²) in [7, 11) is 0. The topological polar surface area (TPSA) is 92.4 Å². The molecule has 5 heteroatoms. The zero-order chi connectivity index (χ0) is 13.3. The molecule has 0 bridgehead atoms. The summed E-state index contributed by atoms with van der Waals surface area (Å²) < 4.78 is 0. The third-order valence-corrected chi connectivity index (χ3v) is 2.35. The minimum atomic E-state index is -0.985. The Morgan fingerprint density at radius 3 is 2.47 bits per heavy atom. The lowest BCUT2D eigenvalue weighted by atomic mass is 10.1. The summed E-state index contributed by atoms with van der Waals surface area (Å²) in [5.41, 5.74) is 6.01. The van der Waals surface area contributed by atoms with Gasteiger partial charge in [0.2, 0.25) is 5.91 Å². The fourth-order valence-corrected chi connectivity index (χ4v) is 1.45. The molecule has 0 aliphatic heterocycles. The number of carboxylic acids is 1. The fraction of sp³-hybridized carbons (Fsp3) is 0.667. The third-order valence-electron chi connectivity index (χ3n) is 2.35. The second-order valence-corrected chi connectivity index (χ2v) is 4.11. The van der Waals surface area contributed by atoms with Gasteiger partial charge in [-0.2, -0.15) is 0 Å². The van der Waals surface area contributed by atoms with Crippen LogP contribution in [0.15, 0.2) is 12.3 Å². The number of nitrogens with one attached hydrogen (secondary N) is 1. The first-order chi connectivity index (χ1) is 7.97. The summed E-state index contributed by atoms with van der Waals surface area (Å²) >= 11 is 0. The van der Waals surface area contributed by atoms with Crippen LogP contribution in [0.25, 0.3) is 0 Å². The number of carbonyl (C=O) groups excluding carboxylic acids is 1. The molecule has 0 aromatic heterocycles. The standard InChI is InChI=1S/C12H22N2O3/c1-3-6-11(15)14-10(12(16)17)8-5-4-7-9(2)13/h10H,2-8,13H2,1H3,(H,14,15)(H,16,17)/t10-/m1/s1. The van der Waals surface area contributed by atoms with E-state index in [-0.39, 0.29) is 5.91 Å². The van der Waals surface area contributed by atoms with Gasteiger partial charge in [0, 0.05) is 12.1 Å². The minimum absolute atomic E-state index is 0.205. The molecule has 4 N–H and O–H groups in total. The van der Waals surface area contributed by atoms with E-state index in [1.807, 2.05) is 6.92 Å². The van der Waals surface area contributed by atoms with Crippen molar-refractivity contribution in [2.75, 3.05) is 0 Å². The Bertz CT molecular complexity index is 277. The van der Waals surface area contributed by atoms with Gasteiger partial charge >= 0.3 is 5.97 Å². The summed E-state index contributed by atoms with van der Waals surface area (Å²) in [6.45, 7) is 5.45. The third kappa shape index (κ3) is 8.30. The molecule has 0 spiro atoms. The van der Waals surface area contributed by atoms with Gasteiger partial charge in [-0.3, -0.25) is 4.79 Å². The lowest BCUT2D eigenvalue weighted by molar-refractivity contribution is -0.142. The van der Waals surface area contributed by atoms with Crippen LogP contribution >= 0.6 is 0 Å². The Hall–Kier alpha value is -1.52. The predicted molar refractivity (Wildman–Crippen MR) is 66.3 cm³/mol. The van der Waals surface area contributed by atoms with Crippen molar-refractivity contribution < 1.29 is 14.7 Å². The molecular weight excluding hydrogens is 220 g/mol. The highest BCUT2D eigenvalue weighted by molar-refractivity contribution is 5.83. The molecule has 0 fully saturated rings. The van der Waals surface area contributed by atoms with Crippen LogP contribution in [-0.2, 0) is 9.59 Å². The van der Waals surface area contributed by atoms with Gasteiger partial charge in [-0.1, -0.05) is 19.9 Å². The van der Waals surface area contributed by atoms with Crippen LogP contribution in [0.2, 0.25) is 0 Å². The summed E-state index contributed by atoms with van der Waals surface area (Å²) in [5.74, 6) is -1.19. The number of hydrogen-bond acceptors (Lipinski definition) is 3. The number of aliphatic carboxylic acids is 1. The lowest BCUT2D eigenvalue weighted by Crippen LogP contribution is -2.40. The highest BCUT2D eigenvalue weighted by atomic mass is 16.4. The molecule has 0 saturated carbocycles. The number of nitrogens with two attached hydrogens (primary N) is 1. The zero-order valence-electron chi connectivity index (χ0n) is 10.4. The summed E-state index contributed by atoms with van der Waals surface area (Å²) in [5, 5.41) is 11.5. The average molecular weight is 242 g/mol. The predicted octanol–water partition coefficient (Wildman–Crippen LogP) is 1.39. The van der Waals surface area contributed by atoms with Gasteiger partial charge < -0.3 is 16.2 Å². The number of unbranched alkanes of at least 4 members (excludes halogenated alkanes) is 1. The summed E-state index contributed by atoms with van der Waals surface area (Å²) in [6, 6.07) is -0.792. The zero-order valence-corrected chi connectivity index (χ0v) is 10.4.